The number of carboxylic acids is 1. The molecule has 1 aliphatic heterocycles. The van der Waals surface area contributed by atoms with Crippen LogP contribution in [0.4, 0.5) is 0 Å². The number of hydrogen-bond donors (Lipinski definition) is 3. The molecule has 0 spiro atoms. The number of aliphatic hydroxyl groups is 1. The second-order valence-electron chi connectivity index (χ2n) is 3.67. The smallest absolute Gasteiger partial charge is 0.326 e. The molecular weight excluding hydrogens is 218 g/mol. The first-order valence-corrected chi connectivity index (χ1v) is 5.47. The van der Waals surface area contributed by atoms with Crippen LogP contribution in [-0.4, -0.2) is 51.9 Å². The maximum Gasteiger partial charge on any atom is 0.326 e. The Morgan fingerprint density at radius 1 is 1.67 bits per heavy atom. The summed E-state index contributed by atoms with van der Waals surface area (Å²) in [5.74, 6) is -0.512. The summed E-state index contributed by atoms with van der Waals surface area (Å²) in [7, 11) is 0. The fourth-order valence-corrected chi connectivity index (χ4v) is 2.01. The van der Waals surface area contributed by atoms with Gasteiger partial charge in [-0.3, -0.25) is 4.79 Å². The maximum absolute atomic E-state index is 11.5. The van der Waals surface area contributed by atoms with Crippen molar-refractivity contribution >= 4 is 24.5 Å². The van der Waals surface area contributed by atoms with Gasteiger partial charge in [0.1, 0.15) is 6.04 Å². The van der Waals surface area contributed by atoms with E-state index in [9.17, 15) is 9.59 Å². The number of thiol groups is 1. The van der Waals surface area contributed by atoms with Crippen LogP contribution in [0.3, 0.4) is 0 Å². The average Bonchev–Trinajstić information content (AvgIpc) is 2.55. The molecule has 2 N–H and O–H groups in total. The van der Waals surface area contributed by atoms with E-state index >= 15 is 0 Å². The summed E-state index contributed by atoms with van der Waals surface area (Å²) in [6.45, 7) is 0.200. The number of rotatable bonds is 5. The Labute approximate surface area is 93.5 Å². The summed E-state index contributed by atoms with van der Waals surface area (Å²) in [6.07, 6.45) is 0.444. The van der Waals surface area contributed by atoms with Crippen molar-refractivity contribution in [2.75, 3.05) is 18.9 Å². The molecule has 1 heterocycles. The molecule has 0 aliphatic carbocycles. The zero-order chi connectivity index (χ0) is 11.4. The van der Waals surface area contributed by atoms with Crippen molar-refractivity contribution in [2.24, 2.45) is 5.92 Å². The highest BCUT2D eigenvalue weighted by molar-refractivity contribution is 7.80. The first-order chi connectivity index (χ1) is 7.10. The minimum atomic E-state index is -1.06. The van der Waals surface area contributed by atoms with E-state index in [1.165, 1.54) is 4.90 Å². The number of likely N-dealkylation sites (tertiary alicyclic amines) is 1. The first-order valence-electron chi connectivity index (χ1n) is 4.84. The highest BCUT2D eigenvalue weighted by Crippen LogP contribution is 2.22. The highest BCUT2D eigenvalue weighted by atomic mass is 32.1. The van der Waals surface area contributed by atoms with Crippen LogP contribution in [0, 0.1) is 5.92 Å². The maximum atomic E-state index is 11.5. The average molecular weight is 233 g/mol. The van der Waals surface area contributed by atoms with Gasteiger partial charge in [-0.05, 0) is 11.7 Å². The van der Waals surface area contributed by atoms with E-state index in [1.54, 1.807) is 0 Å². The summed E-state index contributed by atoms with van der Waals surface area (Å²) >= 11 is 4.09. The van der Waals surface area contributed by atoms with Crippen molar-refractivity contribution in [1.82, 2.24) is 4.90 Å². The van der Waals surface area contributed by atoms with Crippen LogP contribution in [0.1, 0.15) is 12.8 Å². The van der Waals surface area contributed by atoms with Crippen molar-refractivity contribution in [3.8, 4) is 0 Å². The fraction of sp³-hybridized carbons (Fsp3) is 0.778. The summed E-state index contributed by atoms with van der Waals surface area (Å²) in [5.41, 5.74) is 0. The predicted molar refractivity (Wildman–Crippen MR) is 56.8 cm³/mol. The largest absolute Gasteiger partial charge is 0.480 e. The Kier molecular flexibility index (Phi) is 4.41. The van der Waals surface area contributed by atoms with Crippen molar-refractivity contribution in [3.05, 3.63) is 0 Å². The summed E-state index contributed by atoms with van der Waals surface area (Å²) < 4.78 is 0. The van der Waals surface area contributed by atoms with Crippen LogP contribution in [0.2, 0.25) is 0 Å². The number of hydrogen-bond acceptors (Lipinski definition) is 4. The zero-order valence-electron chi connectivity index (χ0n) is 8.30. The Bertz CT molecular complexity index is 258. The number of carbonyl (C=O) groups excluding carboxylic acids is 1. The minimum absolute atomic E-state index is 0.0837. The number of amides is 1. The Balaban J connectivity index is 2.68. The van der Waals surface area contributed by atoms with Crippen molar-refractivity contribution in [3.63, 3.8) is 0 Å². The van der Waals surface area contributed by atoms with Crippen LogP contribution >= 0.6 is 12.6 Å². The molecule has 5 nitrogen and oxygen atoms in total. The van der Waals surface area contributed by atoms with E-state index in [-0.39, 0.29) is 24.9 Å². The molecule has 6 heteroatoms. The molecule has 1 rings (SSSR count). The monoisotopic (exact) mass is 233 g/mol. The lowest BCUT2D eigenvalue weighted by molar-refractivity contribution is -0.148. The molecule has 0 bridgehead atoms. The molecule has 0 saturated carbocycles. The van der Waals surface area contributed by atoms with E-state index < -0.39 is 12.0 Å². The Morgan fingerprint density at radius 3 is 2.73 bits per heavy atom. The zero-order valence-corrected chi connectivity index (χ0v) is 9.19. The molecule has 0 radical (unpaired) electrons. The SMILES string of the molecule is O=C(O)C(CCO)N1CC(CS)CC1=O. The molecule has 1 aliphatic rings. The van der Waals surface area contributed by atoms with Gasteiger partial charge < -0.3 is 15.1 Å². The van der Waals surface area contributed by atoms with Crippen molar-refractivity contribution in [2.45, 2.75) is 18.9 Å². The van der Waals surface area contributed by atoms with Gasteiger partial charge in [-0.25, -0.2) is 4.79 Å². The van der Waals surface area contributed by atoms with E-state index in [4.69, 9.17) is 10.2 Å². The van der Waals surface area contributed by atoms with E-state index in [0.717, 1.165) is 0 Å². The van der Waals surface area contributed by atoms with Gasteiger partial charge in [-0.1, -0.05) is 0 Å². The van der Waals surface area contributed by atoms with Gasteiger partial charge in [0.05, 0.1) is 0 Å². The standard InChI is InChI=1S/C9H15NO4S/c11-2-1-7(9(13)14)10-4-6(5-15)3-8(10)12/h6-7,11,15H,1-5H2,(H,13,14). The lowest BCUT2D eigenvalue weighted by Crippen LogP contribution is -2.42. The molecule has 0 aromatic rings. The van der Waals surface area contributed by atoms with E-state index in [0.29, 0.717) is 18.7 Å². The summed E-state index contributed by atoms with van der Waals surface area (Å²) in [5, 5.41) is 17.7. The number of aliphatic hydroxyl groups excluding tert-OH is 1. The number of carboxylic acid groups (broad SMARTS) is 1. The number of carbonyl (C=O) groups is 2. The third kappa shape index (κ3) is 2.85. The second-order valence-corrected chi connectivity index (χ2v) is 4.03. The van der Waals surface area contributed by atoms with Crippen LogP contribution in [0.5, 0.6) is 0 Å². The first kappa shape index (κ1) is 12.3. The quantitative estimate of drug-likeness (QED) is 0.565. The molecule has 86 valence electrons. The fourth-order valence-electron chi connectivity index (χ4n) is 1.77. The van der Waals surface area contributed by atoms with Crippen LogP contribution in [0.25, 0.3) is 0 Å². The van der Waals surface area contributed by atoms with Crippen molar-refractivity contribution < 1.29 is 19.8 Å². The molecule has 2 unspecified atom stereocenters. The third-order valence-corrected chi connectivity index (χ3v) is 3.08. The molecule has 15 heavy (non-hydrogen) atoms. The molecular formula is C9H15NO4S. The van der Waals surface area contributed by atoms with Crippen LogP contribution < -0.4 is 0 Å². The number of aliphatic carboxylic acids is 1. The van der Waals surface area contributed by atoms with Gasteiger partial charge in [-0.2, -0.15) is 12.6 Å². The Hall–Kier alpha value is -0.750. The molecule has 1 amide bonds. The summed E-state index contributed by atoms with van der Waals surface area (Å²) in [4.78, 5) is 23.7. The van der Waals surface area contributed by atoms with Gasteiger partial charge in [0, 0.05) is 26.0 Å². The topological polar surface area (TPSA) is 77.8 Å². The van der Waals surface area contributed by atoms with Gasteiger partial charge in [-0.15, -0.1) is 0 Å². The van der Waals surface area contributed by atoms with Crippen LogP contribution in [-0.2, 0) is 9.59 Å². The highest BCUT2D eigenvalue weighted by Gasteiger charge is 2.36. The molecule has 0 aromatic carbocycles. The summed E-state index contributed by atoms with van der Waals surface area (Å²) in [6, 6.07) is -0.896. The number of nitrogens with zero attached hydrogens (tertiary/aromatic N) is 1. The second kappa shape index (κ2) is 5.37. The van der Waals surface area contributed by atoms with Crippen molar-refractivity contribution in [1.29, 1.82) is 0 Å². The minimum Gasteiger partial charge on any atom is -0.480 e. The predicted octanol–water partition coefficient (Wildman–Crippen LogP) is -0.400. The van der Waals surface area contributed by atoms with Gasteiger partial charge in [0.25, 0.3) is 0 Å². The normalized spacial score (nSPS) is 23.2. The van der Waals surface area contributed by atoms with Gasteiger partial charge >= 0.3 is 5.97 Å². The molecule has 0 aromatic heterocycles. The van der Waals surface area contributed by atoms with E-state index in [2.05, 4.69) is 12.6 Å². The van der Waals surface area contributed by atoms with Crippen LogP contribution in [0.15, 0.2) is 0 Å². The Morgan fingerprint density at radius 2 is 2.33 bits per heavy atom. The van der Waals surface area contributed by atoms with Gasteiger partial charge in [0.2, 0.25) is 5.91 Å². The van der Waals surface area contributed by atoms with E-state index in [1.807, 2.05) is 0 Å². The van der Waals surface area contributed by atoms with Gasteiger partial charge in [0.15, 0.2) is 0 Å². The molecule has 1 fully saturated rings. The molecule has 2 atom stereocenters. The lowest BCUT2D eigenvalue weighted by Gasteiger charge is -2.23. The molecule has 1 saturated heterocycles. The third-order valence-electron chi connectivity index (χ3n) is 2.56. The lowest BCUT2D eigenvalue weighted by atomic mass is 10.1.